The van der Waals surface area contributed by atoms with Crippen LogP contribution in [0.15, 0.2) is 24.3 Å². The second-order valence-corrected chi connectivity index (χ2v) is 12.7. The van der Waals surface area contributed by atoms with E-state index in [1.807, 2.05) is 9.80 Å². The van der Waals surface area contributed by atoms with Crippen LogP contribution in [0.1, 0.15) is 72.1 Å². The average Bonchev–Trinajstić information content (AvgIpc) is 3.75. The molecule has 4 aliphatic carbocycles. The van der Waals surface area contributed by atoms with Gasteiger partial charge in [-0.3, -0.25) is 0 Å². The molecule has 0 radical (unpaired) electrons. The number of nitrogens with one attached hydrogen (secondary N) is 2. The first-order chi connectivity index (χ1) is 20.5. The summed E-state index contributed by atoms with van der Waals surface area (Å²) in [5.74, 6) is -1.77. The number of carbonyl (C=O) groups is 4. The molecule has 4 aliphatic rings. The van der Waals surface area contributed by atoms with Crippen molar-refractivity contribution in [2.75, 3.05) is 17.7 Å². The summed E-state index contributed by atoms with van der Waals surface area (Å²) in [6.07, 6.45) is 8.25. The first-order valence-corrected chi connectivity index (χ1v) is 15.5. The number of rotatable bonds is 8. The number of benzene rings is 2. The molecule has 0 bridgehead atoms. The lowest BCUT2D eigenvalue weighted by Gasteiger charge is -2.23. The number of halogens is 4. The maximum absolute atomic E-state index is 12.5. The highest BCUT2D eigenvalue weighted by molar-refractivity contribution is 6.39. The fourth-order valence-corrected chi connectivity index (χ4v) is 5.71. The fraction of sp³-hybridized carbons (Fsp3) is 0.448. The van der Waals surface area contributed by atoms with Crippen LogP contribution in [0.4, 0.5) is 21.0 Å². The molecule has 0 heterocycles. The molecule has 4 amide bonds. The molecule has 10 nitrogen and oxygen atoms in total. The number of carboxylic acids is 1. The van der Waals surface area contributed by atoms with Gasteiger partial charge in [-0.2, -0.15) is 0 Å². The van der Waals surface area contributed by atoms with Crippen molar-refractivity contribution in [3.8, 4) is 0 Å². The molecule has 3 N–H and O–H groups in total. The van der Waals surface area contributed by atoms with Crippen molar-refractivity contribution in [2.45, 2.75) is 75.5 Å². The Morgan fingerprint density at radius 3 is 1.35 bits per heavy atom. The molecule has 14 heteroatoms. The Morgan fingerprint density at radius 1 is 0.674 bits per heavy atom. The van der Waals surface area contributed by atoms with E-state index in [2.05, 4.69) is 15.4 Å². The number of esters is 1. The fourth-order valence-electron chi connectivity index (χ4n) is 4.80. The minimum Gasteiger partial charge on any atom is -0.478 e. The molecule has 2 aromatic rings. The maximum atomic E-state index is 12.5. The van der Waals surface area contributed by atoms with Gasteiger partial charge in [0.05, 0.1) is 39.7 Å². The van der Waals surface area contributed by atoms with Crippen LogP contribution >= 0.6 is 46.4 Å². The van der Waals surface area contributed by atoms with Crippen molar-refractivity contribution >= 4 is 81.8 Å². The van der Waals surface area contributed by atoms with Gasteiger partial charge in [-0.15, -0.1) is 0 Å². The monoisotopic (exact) mass is 670 g/mol. The smallest absolute Gasteiger partial charge is 0.339 e. The van der Waals surface area contributed by atoms with E-state index in [4.69, 9.17) is 51.5 Å². The lowest BCUT2D eigenvalue weighted by Crippen LogP contribution is -2.38. The van der Waals surface area contributed by atoms with Crippen molar-refractivity contribution in [1.82, 2.24) is 9.80 Å². The quantitative estimate of drug-likeness (QED) is 0.246. The molecule has 4 fully saturated rings. The van der Waals surface area contributed by atoms with Crippen molar-refractivity contribution in [3.63, 3.8) is 0 Å². The van der Waals surface area contributed by atoms with Gasteiger partial charge in [0.1, 0.15) is 0 Å². The normalized spacial score (nSPS) is 17.2. The highest BCUT2D eigenvalue weighted by atomic mass is 35.5. The standard InChI is InChI=1S/C15H16Cl2N2O3.C14H14Cl2N2O3/c1-22-14(20)11-6-8(16)7-12(13(11)17)18-15(21)19(9-2-3-9)10-4-5-10;15-7-5-10(13(19)20)12(16)11(6-7)17-14(21)18(8-1-2-8)9-3-4-9/h6-7,9-10H,2-5H2,1H3,(H,18,21);5-6,8-9H,1-4H2,(H,17,21)(H,19,20). The number of carbonyl (C=O) groups excluding carboxylic acids is 3. The van der Waals surface area contributed by atoms with E-state index in [-0.39, 0.29) is 43.9 Å². The van der Waals surface area contributed by atoms with Crippen LogP contribution in [0, 0.1) is 0 Å². The number of urea groups is 2. The zero-order valence-electron chi connectivity index (χ0n) is 23.2. The van der Waals surface area contributed by atoms with Gasteiger partial charge >= 0.3 is 24.0 Å². The molecule has 0 unspecified atom stereocenters. The lowest BCUT2D eigenvalue weighted by molar-refractivity contribution is 0.0600. The highest BCUT2D eigenvalue weighted by Crippen LogP contribution is 2.40. The van der Waals surface area contributed by atoms with Crippen molar-refractivity contribution in [3.05, 3.63) is 55.5 Å². The molecule has 4 saturated carbocycles. The molecule has 6 rings (SSSR count). The number of amides is 4. The van der Waals surface area contributed by atoms with Crippen LogP contribution in [0.25, 0.3) is 0 Å². The summed E-state index contributed by atoms with van der Waals surface area (Å²) >= 11 is 24.1. The first kappa shape index (κ1) is 31.5. The van der Waals surface area contributed by atoms with Gasteiger partial charge < -0.3 is 30.3 Å². The van der Waals surface area contributed by atoms with Gasteiger partial charge in [0.15, 0.2) is 0 Å². The van der Waals surface area contributed by atoms with Gasteiger partial charge in [0.2, 0.25) is 0 Å². The molecular formula is C29H30Cl4N4O6. The highest BCUT2D eigenvalue weighted by Gasteiger charge is 2.43. The maximum Gasteiger partial charge on any atom is 0.339 e. The predicted molar refractivity (Wildman–Crippen MR) is 165 cm³/mol. The molecule has 230 valence electrons. The molecule has 2 aromatic carbocycles. The number of aromatic carboxylic acids is 1. The van der Waals surface area contributed by atoms with E-state index in [1.54, 1.807) is 0 Å². The molecule has 0 saturated heterocycles. The van der Waals surface area contributed by atoms with Crippen molar-refractivity contribution < 1.29 is 29.0 Å². The van der Waals surface area contributed by atoms with Gasteiger partial charge in [-0.25, -0.2) is 19.2 Å². The van der Waals surface area contributed by atoms with Gasteiger partial charge in [0, 0.05) is 34.2 Å². The SMILES string of the molecule is COC(=O)c1cc(Cl)cc(NC(=O)N(C2CC2)C2CC2)c1Cl.O=C(O)c1cc(Cl)cc(NC(=O)N(C2CC2)C2CC2)c1Cl. The summed E-state index contributed by atoms with van der Waals surface area (Å²) in [6.45, 7) is 0. The minimum absolute atomic E-state index is 0.00760. The Labute approximate surface area is 268 Å². The Kier molecular flexibility index (Phi) is 9.51. The number of methoxy groups -OCH3 is 1. The van der Waals surface area contributed by atoms with E-state index >= 15 is 0 Å². The van der Waals surface area contributed by atoms with Crippen LogP contribution in [0.3, 0.4) is 0 Å². The molecule has 0 spiro atoms. The zero-order valence-corrected chi connectivity index (χ0v) is 26.2. The third kappa shape index (κ3) is 7.78. The topological polar surface area (TPSA) is 128 Å². The summed E-state index contributed by atoms with van der Waals surface area (Å²) < 4.78 is 4.67. The van der Waals surface area contributed by atoms with E-state index < -0.39 is 11.9 Å². The predicted octanol–water partition coefficient (Wildman–Crippen LogP) is 7.79. The number of carboxylic acid groups (broad SMARTS) is 1. The van der Waals surface area contributed by atoms with Gasteiger partial charge in [0.25, 0.3) is 0 Å². The Balaban J connectivity index is 0.000000171. The van der Waals surface area contributed by atoms with E-state index in [1.165, 1.54) is 31.4 Å². The number of ether oxygens (including phenoxy) is 1. The van der Waals surface area contributed by atoms with E-state index in [0.717, 1.165) is 51.4 Å². The number of anilines is 2. The second kappa shape index (κ2) is 13.0. The third-order valence-electron chi connectivity index (χ3n) is 7.42. The number of nitrogens with zero attached hydrogens (tertiary/aromatic N) is 2. The van der Waals surface area contributed by atoms with Crippen LogP contribution in [-0.2, 0) is 4.74 Å². The summed E-state index contributed by atoms with van der Waals surface area (Å²) in [6, 6.07) is 6.51. The second-order valence-electron chi connectivity index (χ2n) is 11.0. The number of hydrogen-bond acceptors (Lipinski definition) is 5. The van der Waals surface area contributed by atoms with Crippen LogP contribution in [0.5, 0.6) is 0 Å². The van der Waals surface area contributed by atoms with Crippen LogP contribution in [0.2, 0.25) is 20.1 Å². The Morgan fingerprint density at radius 2 is 1.02 bits per heavy atom. The van der Waals surface area contributed by atoms with Crippen LogP contribution in [-0.4, -0.2) is 70.2 Å². The zero-order chi connectivity index (χ0) is 31.0. The summed E-state index contributed by atoms with van der Waals surface area (Å²) in [5, 5.41) is 15.2. The minimum atomic E-state index is -1.18. The van der Waals surface area contributed by atoms with Crippen LogP contribution < -0.4 is 10.6 Å². The van der Waals surface area contributed by atoms with E-state index in [0.29, 0.717) is 34.9 Å². The Hall–Kier alpha value is -2.92. The van der Waals surface area contributed by atoms with Gasteiger partial charge in [-0.1, -0.05) is 46.4 Å². The first-order valence-electron chi connectivity index (χ1n) is 14.0. The van der Waals surface area contributed by atoms with Crippen molar-refractivity contribution in [2.24, 2.45) is 0 Å². The average molecular weight is 672 g/mol. The molecule has 0 aliphatic heterocycles. The molecular weight excluding hydrogens is 642 g/mol. The Bertz CT molecular complexity index is 1430. The summed E-state index contributed by atoms with van der Waals surface area (Å²) in [7, 11) is 1.26. The molecule has 0 aromatic heterocycles. The summed E-state index contributed by atoms with van der Waals surface area (Å²) in [5.41, 5.74) is 0.573. The summed E-state index contributed by atoms with van der Waals surface area (Å²) in [4.78, 5) is 51.4. The lowest BCUT2D eigenvalue weighted by atomic mass is 10.2. The molecule has 43 heavy (non-hydrogen) atoms. The van der Waals surface area contributed by atoms with Gasteiger partial charge in [-0.05, 0) is 75.6 Å². The third-order valence-corrected chi connectivity index (χ3v) is 8.67. The van der Waals surface area contributed by atoms with Crippen molar-refractivity contribution in [1.29, 1.82) is 0 Å². The van der Waals surface area contributed by atoms with E-state index in [9.17, 15) is 19.2 Å². The largest absolute Gasteiger partial charge is 0.478 e. The molecule has 0 atom stereocenters. The number of hydrogen-bond donors (Lipinski definition) is 3.